The van der Waals surface area contributed by atoms with E-state index in [4.69, 9.17) is 17.0 Å². The third kappa shape index (κ3) is 1.80. The quantitative estimate of drug-likeness (QED) is 0.797. The molecule has 0 atom stereocenters. The summed E-state index contributed by atoms with van der Waals surface area (Å²) < 4.78 is 9.69. The highest BCUT2D eigenvalue weighted by Crippen LogP contribution is 2.26. The Balaban J connectivity index is 2.44. The molecule has 6 heteroatoms. The molecule has 0 aliphatic carbocycles. The van der Waals surface area contributed by atoms with Crippen LogP contribution < -0.4 is 4.74 Å². The standard InChI is InChI=1S/C8H7N3OS2/c1-12-7-3-6(14-11-7)5-2-8(13)10-9-4-5/h2-4H,1H3,(H,10,13). The Kier molecular flexibility index (Phi) is 2.55. The lowest BCUT2D eigenvalue weighted by molar-refractivity contribution is 0.403. The number of hydrogen-bond donors (Lipinski definition) is 1. The molecule has 0 fully saturated rings. The van der Waals surface area contributed by atoms with Crippen LogP contribution >= 0.6 is 23.8 Å². The average Bonchev–Trinajstić information content (AvgIpc) is 2.66. The third-order valence-electron chi connectivity index (χ3n) is 1.65. The second-order valence-corrected chi connectivity index (χ2v) is 3.81. The maximum atomic E-state index is 4.99. The Morgan fingerprint density at radius 2 is 2.36 bits per heavy atom. The second kappa shape index (κ2) is 3.85. The van der Waals surface area contributed by atoms with E-state index in [1.807, 2.05) is 12.1 Å². The maximum Gasteiger partial charge on any atom is 0.225 e. The molecule has 0 aliphatic rings. The van der Waals surface area contributed by atoms with Crippen molar-refractivity contribution in [2.75, 3.05) is 7.11 Å². The summed E-state index contributed by atoms with van der Waals surface area (Å²) >= 11 is 6.33. The molecular weight excluding hydrogens is 218 g/mol. The van der Waals surface area contributed by atoms with Gasteiger partial charge in [0.15, 0.2) is 0 Å². The number of hydrogen-bond acceptors (Lipinski definition) is 5. The zero-order valence-corrected chi connectivity index (χ0v) is 8.98. The summed E-state index contributed by atoms with van der Waals surface area (Å²) in [7, 11) is 1.59. The van der Waals surface area contributed by atoms with Gasteiger partial charge in [-0.2, -0.15) is 9.47 Å². The number of methoxy groups -OCH3 is 1. The lowest BCUT2D eigenvalue weighted by Gasteiger charge is -1.93. The van der Waals surface area contributed by atoms with Crippen LogP contribution in [0.1, 0.15) is 0 Å². The fourth-order valence-corrected chi connectivity index (χ4v) is 1.87. The first-order valence-electron chi connectivity index (χ1n) is 3.85. The zero-order valence-electron chi connectivity index (χ0n) is 7.35. The van der Waals surface area contributed by atoms with E-state index < -0.39 is 0 Å². The molecule has 0 aliphatic heterocycles. The molecule has 14 heavy (non-hydrogen) atoms. The van der Waals surface area contributed by atoms with Crippen LogP contribution in [0.15, 0.2) is 18.3 Å². The molecule has 0 saturated heterocycles. The van der Waals surface area contributed by atoms with Gasteiger partial charge in [-0.15, -0.1) is 0 Å². The fraction of sp³-hybridized carbons (Fsp3) is 0.125. The fourth-order valence-electron chi connectivity index (χ4n) is 1.00. The van der Waals surface area contributed by atoms with Gasteiger partial charge in [0.25, 0.3) is 0 Å². The average molecular weight is 225 g/mol. The summed E-state index contributed by atoms with van der Waals surface area (Å²) in [5, 5.41) is 6.58. The van der Waals surface area contributed by atoms with Crippen molar-refractivity contribution in [3.05, 3.63) is 23.0 Å². The van der Waals surface area contributed by atoms with Crippen molar-refractivity contribution < 1.29 is 4.74 Å². The number of nitrogens with zero attached hydrogens (tertiary/aromatic N) is 2. The minimum atomic E-state index is 0.606. The van der Waals surface area contributed by atoms with E-state index in [0.29, 0.717) is 10.5 Å². The van der Waals surface area contributed by atoms with E-state index in [9.17, 15) is 0 Å². The summed E-state index contributed by atoms with van der Waals surface area (Å²) in [5.74, 6) is 0.615. The molecule has 0 radical (unpaired) electrons. The minimum Gasteiger partial charge on any atom is -0.480 e. The van der Waals surface area contributed by atoms with Gasteiger partial charge in [0, 0.05) is 11.6 Å². The number of aromatic nitrogens is 3. The first-order chi connectivity index (χ1) is 6.79. The van der Waals surface area contributed by atoms with E-state index in [2.05, 4.69) is 14.6 Å². The van der Waals surface area contributed by atoms with Gasteiger partial charge in [0.1, 0.15) is 4.64 Å². The molecule has 72 valence electrons. The summed E-state index contributed by atoms with van der Waals surface area (Å²) in [6.45, 7) is 0. The van der Waals surface area contributed by atoms with Crippen molar-refractivity contribution in [3.8, 4) is 16.3 Å². The van der Waals surface area contributed by atoms with Crippen LogP contribution in [0.5, 0.6) is 5.88 Å². The number of rotatable bonds is 2. The van der Waals surface area contributed by atoms with Gasteiger partial charge < -0.3 is 4.74 Å². The monoisotopic (exact) mass is 225 g/mol. The molecule has 2 aromatic heterocycles. The summed E-state index contributed by atoms with van der Waals surface area (Å²) in [4.78, 5) is 0.995. The first-order valence-corrected chi connectivity index (χ1v) is 5.03. The molecule has 1 N–H and O–H groups in total. The van der Waals surface area contributed by atoms with E-state index in [1.165, 1.54) is 11.5 Å². The largest absolute Gasteiger partial charge is 0.480 e. The molecule has 0 saturated carbocycles. The van der Waals surface area contributed by atoms with Gasteiger partial charge in [-0.1, -0.05) is 12.2 Å². The molecule has 2 aromatic rings. The third-order valence-corrected chi connectivity index (χ3v) is 2.68. The van der Waals surface area contributed by atoms with Gasteiger partial charge in [-0.3, -0.25) is 5.10 Å². The van der Waals surface area contributed by atoms with Crippen LogP contribution in [0, 0.1) is 4.64 Å². The summed E-state index contributed by atoms with van der Waals surface area (Å²) in [6, 6.07) is 3.70. The summed E-state index contributed by atoms with van der Waals surface area (Å²) in [5.41, 5.74) is 0.953. The molecule has 2 heterocycles. The van der Waals surface area contributed by atoms with Crippen LogP contribution in [0.2, 0.25) is 0 Å². The lowest BCUT2D eigenvalue weighted by Crippen LogP contribution is -1.82. The number of nitrogens with one attached hydrogen (secondary N) is 1. The molecule has 0 bridgehead atoms. The van der Waals surface area contributed by atoms with Gasteiger partial charge in [0.05, 0.1) is 18.2 Å². The Hall–Kier alpha value is -1.27. The van der Waals surface area contributed by atoms with E-state index in [1.54, 1.807) is 13.3 Å². The topological polar surface area (TPSA) is 50.8 Å². The predicted octanol–water partition coefficient (Wildman–Crippen LogP) is 2.27. The van der Waals surface area contributed by atoms with Crippen molar-refractivity contribution >= 4 is 23.8 Å². The SMILES string of the molecule is COc1cc(-c2cn[nH]c(=S)c2)sn1. The van der Waals surface area contributed by atoms with Crippen LogP contribution in [-0.4, -0.2) is 21.7 Å². The van der Waals surface area contributed by atoms with Crippen molar-refractivity contribution in [2.24, 2.45) is 0 Å². The highest BCUT2D eigenvalue weighted by molar-refractivity contribution is 7.71. The van der Waals surface area contributed by atoms with Gasteiger partial charge >= 0.3 is 0 Å². The Morgan fingerprint density at radius 3 is 3.00 bits per heavy atom. The molecule has 4 nitrogen and oxygen atoms in total. The number of ether oxygens (including phenoxy) is 1. The molecule has 0 unspecified atom stereocenters. The zero-order chi connectivity index (χ0) is 9.97. The first kappa shape index (κ1) is 9.29. The highest BCUT2D eigenvalue weighted by Gasteiger charge is 2.04. The van der Waals surface area contributed by atoms with Gasteiger partial charge in [-0.05, 0) is 17.6 Å². The normalized spacial score (nSPS) is 10.1. The van der Waals surface area contributed by atoms with Crippen molar-refractivity contribution in [2.45, 2.75) is 0 Å². The summed E-state index contributed by atoms with van der Waals surface area (Å²) in [6.07, 6.45) is 1.71. The number of aromatic amines is 1. The van der Waals surface area contributed by atoms with Crippen LogP contribution in [0.25, 0.3) is 10.4 Å². The van der Waals surface area contributed by atoms with Crippen molar-refractivity contribution in [1.82, 2.24) is 14.6 Å². The van der Waals surface area contributed by atoms with Crippen molar-refractivity contribution in [1.29, 1.82) is 0 Å². The maximum absolute atomic E-state index is 4.99. The van der Waals surface area contributed by atoms with Crippen molar-refractivity contribution in [3.63, 3.8) is 0 Å². The van der Waals surface area contributed by atoms with Crippen LogP contribution in [0.4, 0.5) is 0 Å². The van der Waals surface area contributed by atoms with Crippen LogP contribution in [-0.2, 0) is 0 Å². The molecule has 0 amide bonds. The van der Waals surface area contributed by atoms with Crippen LogP contribution in [0.3, 0.4) is 0 Å². The molecule has 0 spiro atoms. The predicted molar refractivity (Wildman–Crippen MR) is 57.1 cm³/mol. The Morgan fingerprint density at radius 1 is 1.50 bits per heavy atom. The van der Waals surface area contributed by atoms with Gasteiger partial charge in [0.2, 0.25) is 5.88 Å². The molecule has 2 rings (SSSR count). The second-order valence-electron chi connectivity index (χ2n) is 2.57. The van der Waals surface area contributed by atoms with E-state index in [0.717, 1.165) is 10.4 Å². The molecular formula is C8H7N3OS2. The van der Waals surface area contributed by atoms with E-state index in [-0.39, 0.29) is 0 Å². The minimum absolute atomic E-state index is 0.606. The van der Waals surface area contributed by atoms with E-state index >= 15 is 0 Å². The molecule has 0 aromatic carbocycles. The smallest absolute Gasteiger partial charge is 0.225 e. The number of H-pyrrole nitrogens is 1. The van der Waals surface area contributed by atoms with Gasteiger partial charge in [-0.25, -0.2) is 0 Å². The Bertz CT molecular complexity index is 491. The Labute approximate surface area is 89.7 Å². The lowest BCUT2D eigenvalue weighted by atomic mass is 10.3. The highest BCUT2D eigenvalue weighted by atomic mass is 32.1.